The van der Waals surface area contributed by atoms with Crippen molar-refractivity contribution < 1.29 is 17.9 Å². The fourth-order valence-electron chi connectivity index (χ4n) is 2.31. The predicted molar refractivity (Wildman–Crippen MR) is 117 cm³/mol. The number of hydrogen-bond acceptors (Lipinski definition) is 5. The molecule has 0 aliphatic carbocycles. The molecule has 154 valence electrons. The highest BCUT2D eigenvalue weighted by molar-refractivity contribution is 7.89. The minimum absolute atomic E-state index is 0.0200. The second kappa shape index (κ2) is 9.49. The van der Waals surface area contributed by atoms with Gasteiger partial charge in [0.1, 0.15) is 5.75 Å². The number of esters is 1. The minimum Gasteiger partial charge on any atom is -0.423 e. The van der Waals surface area contributed by atoms with Gasteiger partial charge in [-0.2, -0.15) is 13.5 Å². The Morgan fingerprint density at radius 2 is 1.63 bits per heavy atom. The summed E-state index contributed by atoms with van der Waals surface area (Å²) in [6.45, 7) is 0. The third kappa shape index (κ3) is 5.73. The predicted octanol–water partition coefficient (Wildman–Crippen LogP) is 5.18. The van der Waals surface area contributed by atoms with Crippen LogP contribution in [0.3, 0.4) is 0 Å². The average Bonchev–Trinajstić information content (AvgIpc) is 2.68. The van der Waals surface area contributed by atoms with Gasteiger partial charge in [0.25, 0.3) is 10.0 Å². The molecule has 10 heteroatoms. The largest absolute Gasteiger partial charge is 0.423 e. The molecule has 0 fully saturated rings. The van der Waals surface area contributed by atoms with Crippen molar-refractivity contribution >= 4 is 57.0 Å². The van der Waals surface area contributed by atoms with Gasteiger partial charge in [-0.1, -0.05) is 46.9 Å². The van der Waals surface area contributed by atoms with Gasteiger partial charge in [-0.25, -0.2) is 9.63 Å². The molecule has 0 radical (unpaired) electrons. The smallest absolute Gasteiger partial charge is 0.345 e. The van der Waals surface area contributed by atoms with Crippen molar-refractivity contribution in [3.05, 3.63) is 92.9 Å². The van der Waals surface area contributed by atoms with Crippen LogP contribution in [0.1, 0.15) is 15.9 Å². The fraction of sp³-hybridized carbons (Fsp3) is 0. The molecule has 30 heavy (non-hydrogen) atoms. The van der Waals surface area contributed by atoms with E-state index in [9.17, 15) is 13.2 Å². The zero-order valence-corrected chi connectivity index (χ0v) is 18.1. The summed E-state index contributed by atoms with van der Waals surface area (Å²) in [5.41, 5.74) is 0.664. The van der Waals surface area contributed by atoms with Crippen LogP contribution in [-0.4, -0.2) is 20.6 Å². The van der Waals surface area contributed by atoms with E-state index in [0.29, 0.717) is 15.6 Å². The summed E-state index contributed by atoms with van der Waals surface area (Å²) in [5, 5.41) is 4.73. The third-order valence-electron chi connectivity index (χ3n) is 3.73. The number of halogens is 3. The Bertz CT molecular complexity index is 1210. The molecular weight excluding hydrogens is 471 g/mol. The van der Waals surface area contributed by atoms with E-state index in [1.165, 1.54) is 54.7 Å². The van der Waals surface area contributed by atoms with Crippen LogP contribution in [0, 0.1) is 0 Å². The number of ether oxygens (including phenoxy) is 1. The molecule has 0 aliphatic heterocycles. The lowest BCUT2D eigenvalue weighted by molar-refractivity contribution is 0.0735. The number of nitrogens with zero attached hydrogens (tertiary/aromatic N) is 1. The number of hydrazone groups is 1. The van der Waals surface area contributed by atoms with E-state index in [0.717, 1.165) is 0 Å². The number of hydrogen-bond donors (Lipinski definition) is 1. The third-order valence-corrected chi connectivity index (χ3v) is 5.77. The Hall–Kier alpha value is -2.58. The molecule has 0 aliphatic rings. The number of sulfonamides is 1. The van der Waals surface area contributed by atoms with E-state index in [4.69, 9.17) is 39.5 Å². The zero-order valence-electron chi connectivity index (χ0n) is 15.1. The molecule has 0 atom stereocenters. The molecule has 3 rings (SSSR count). The van der Waals surface area contributed by atoms with Gasteiger partial charge >= 0.3 is 5.97 Å². The molecule has 0 bridgehead atoms. The Labute approximate surface area is 188 Å². The van der Waals surface area contributed by atoms with Crippen LogP contribution in [0.4, 0.5) is 0 Å². The van der Waals surface area contributed by atoms with E-state index in [1.807, 2.05) is 0 Å². The van der Waals surface area contributed by atoms with Gasteiger partial charge in [-0.15, -0.1) is 0 Å². The number of carbonyl (C=O) groups is 1. The first-order valence-corrected chi connectivity index (χ1v) is 10.9. The van der Waals surface area contributed by atoms with Crippen LogP contribution < -0.4 is 9.57 Å². The standard InChI is InChI=1S/C20H13Cl3N2O4S/c21-14-4-7-17(8-5-14)30(27,28)25-24-12-13-2-1-3-16(10-13)29-20(26)18-9-6-15(22)11-19(18)23/h1-12,25H. The highest BCUT2D eigenvalue weighted by atomic mass is 35.5. The summed E-state index contributed by atoms with van der Waals surface area (Å²) in [5.74, 6) is -0.426. The lowest BCUT2D eigenvalue weighted by Gasteiger charge is -2.07. The van der Waals surface area contributed by atoms with E-state index < -0.39 is 16.0 Å². The Morgan fingerprint density at radius 3 is 2.33 bits per heavy atom. The zero-order chi connectivity index (χ0) is 21.7. The molecule has 6 nitrogen and oxygen atoms in total. The lowest BCUT2D eigenvalue weighted by atomic mass is 10.2. The summed E-state index contributed by atoms with van der Waals surface area (Å²) >= 11 is 17.6. The normalized spacial score (nSPS) is 11.4. The van der Waals surface area contributed by atoms with Crippen LogP contribution in [-0.2, 0) is 10.0 Å². The summed E-state index contributed by atoms with van der Waals surface area (Å²) in [7, 11) is -3.84. The number of nitrogens with one attached hydrogen (secondary N) is 1. The van der Waals surface area contributed by atoms with Crippen LogP contribution in [0.15, 0.2) is 76.7 Å². The van der Waals surface area contributed by atoms with Crippen molar-refractivity contribution in [2.75, 3.05) is 0 Å². The summed E-state index contributed by atoms with van der Waals surface area (Å²) in [6.07, 6.45) is 1.28. The summed E-state index contributed by atoms with van der Waals surface area (Å²) < 4.78 is 29.7. The first-order chi connectivity index (χ1) is 14.2. The molecule has 0 spiro atoms. The highest BCUT2D eigenvalue weighted by Gasteiger charge is 2.14. The monoisotopic (exact) mass is 482 g/mol. The molecule has 3 aromatic rings. The van der Waals surface area contributed by atoms with Crippen molar-refractivity contribution in [1.82, 2.24) is 4.83 Å². The second-order valence-corrected chi connectivity index (χ2v) is 8.83. The van der Waals surface area contributed by atoms with E-state index >= 15 is 0 Å². The van der Waals surface area contributed by atoms with Crippen LogP contribution >= 0.6 is 34.8 Å². The Balaban J connectivity index is 1.69. The van der Waals surface area contributed by atoms with Gasteiger partial charge in [0.15, 0.2) is 0 Å². The van der Waals surface area contributed by atoms with Gasteiger partial charge in [0, 0.05) is 10.0 Å². The van der Waals surface area contributed by atoms with Gasteiger partial charge < -0.3 is 4.74 Å². The lowest BCUT2D eigenvalue weighted by Crippen LogP contribution is -2.18. The van der Waals surface area contributed by atoms with Crippen molar-refractivity contribution in [2.45, 2.75) is 4.90 Å². The first kappa shape index (κ1) is 22.1. The topological polar surface area (TPSA) is 84.8 Å². The van der Waals surface area contributed by atoms with Gasteiger partial charge in [-0.05, 0) is 60.2 Å². The van der Waals surface area contributed by atoms with Crippen molar-refractivity contribution in [1.29, 1.82) is 0 Å². The van der Waals surface area contributed by atoms with Crippen LogP contribution in [0.5, 0.6) is 5.75 Å². The molecule has 1 N–H and O–H groups in total. The van der Waals surface area contributed by atoms with Crippen molar-refractivity contribution in [3.63, 3.8) is 0 Å². The molecule has 0 saturated carbocycles. The van der Waals surface area contributed by atoms with Gasteiger partial charge in [-0.3, -0.25) is 0 Å². The molecule has 0 aromatic heterocycles. The molecule has 0 amide bonds. The number of rotatable bonds is 6. The average molecular weight is 484 g/mol. The number of carbonyl (C=O) groups excluding carboxylic acids is 1. The van der Waals surface area contributed by atoms with Crippen molar-refractivity contribution in [2.24, 2.45) is 5.10 Å². The maximum atomic E-state index is 12.3. The SMILES string of the molecule is O=C(Oc1cccc(C=NNS(=O)(=O)c2ccc(Cl)cc2)c1)c1ccc(Cl)cc1Cl. The molecule has 3 aromatic carbocycles. The second-order valence-electron chi connectivity index (χ2n) is 5.89. The van der Waals surface area contributed by atoms with Gasteiger partial charge in [0.2, 0.25) is 0 Å². The fourth-order valence-corrected chi connectivity index (χ4v) is 3.72. The molecule has 0 saturated heterocycles. The Kier molecular flexibility index (Phi) is 6.99. The summed E-state index contributed by atoms with van der Waals surface area (Å²) in [4.78, 5) is 14.4. The van der Waals surface area contributed by atoms with E-state index in [-0.39, 0.29) is 21.2 Å². The van der Waals surface area contributed by atoms with Crippen molar-refractivity contribution in [3.8, 4) is 5.75 Å². The molecule has 0 unspecified atom stereocenters. The molecule has 0 heterocycles. The minimum atomic E-state index is -3.84. The quantitative estimate of drug-likeness (QED) is 0.227. The first-order valence-electron chi connectivity index (χ1n) is 8.32. The maximum absolute atomic E-state index is 12.3. The van der Waals surface area contributed by atoms with E-state index in [2.05, 4.69) is 9.93 Å². The van der Waals surface area contributed by atoms with E-state index in [1.54, 1.807) is 18.2 Å². The maximum Gasteiger partial charge on any atom is 0.345 e. The number of benzene rings is 3. The van der Waals surface area contributed by atoms with Gasteiger partial charge in [0.05, 0.1) is 21.7 Å². The molecular formula is C20H13Cl3N2O4S. The van der Waals surface area contributed by atoms with Crippen LogP contribution in [0.2, 0.25) is 15.1 Å². The highest BCUT2D eigenvalue weighted by Crippen LogP contribution is 2.23. The van der Waals surface area contributed by atoms with Crippen LogP contribution in [0.25, 0.3) is 0 Å². The Morgan fingerprint density at radius 1 is 0.933 bits per heavy atom. The summed E-state index contributed by atoms with van der Waals surface area (Å²) in [6, 6.07) is 16.4.